The topological polar surface area (TPSA) is 85.9 Å². The third kappa shape index (κ3) is 5.48. The highest BCUT2D eigenvalue weighted by Crippen LogP contribution is 2.29. The number of hydrogen-bond donors (Lipinski definition) is 2. The zero-order chi connectivity index (χ0) is 23.4. The monoisotopic (exact) mass is 473 g/mol. The number of nitrogens with one attached hydrogen (secondary N) is 2. The van der Waals surface area contributed by atoms with Crippen molar-refractivity contribution < 1.29 is 9.53 Å². The van der Waals surface area contributed by atoms with Gasteiger partial charge in [0.2, 0.25) is 5.95 Å². The minimum absolute atomic E-state index is 0.0306. The summed E-state index contributed by atoms with van der Waals surface area (Å²) in [6.07, 6.45) is 3.95. The van der Waals surface area contributed by atoms with Gasteiger partial charge < -0.3 is 25.2 Å². The number of nitrogens with zero attached hydrogens (tertiary/aromatic N) is 5. The van der Waals surface area contributed by atoms with Crippen LogP contribution in [0.1, 0.15) is 23.2 Å². The lowest BCUT2D eigenvalue weighted by Gasteiger charge is -2.42. The van der Waals surface area contributed by atoms with Crippen molar-refractivity contribution in [1.82, 2.24) is 24.7 Å². The molecule has 2 fully saturated rings. The second-order valence-electron chi connectivity index (χ2n) is 8.54. The number of carbonyl (C=O) groups excluding carboxylic acids is 1. The van der Waals surface area contributed by atoms with E-state index in [2.05, 4.69) is 37.4 Å². The van der Waals surface area contributed by atoms with Crippen molar-refractivity contribution in [1.29, 1.82) is 0 Å². The third-order valence-corrected chi connectivity index (χ3v) is 6.76. The predicted octanol–water partition coefficient (Wildman–Crippen LogP) is 2.78. The van der Waals surface area contributed by atoms with Crippen molar-refractivity contribution in [3.8, 4) is 5.75 Å². The molecule has 2 N–H and O–H groups in total. The van der Waals surface area contributed by atoms with Crippen LogP contribution in [0.3, 0.4) is 0 Å². The molecule has 10 heteroatoms. The Hall–Kier alpha value is -2.62. The number of likely N-dealkylation sites (tertiary alicyclic amines) is 1. The van der Waals surface area contributed by atoms with E-state index < -0.39 is 0 Å². The number of methoxy groups -OCH3 is 1. The smallest absolute Gasteiger partial charge is 0.254 e. The summed E-state index contributed by atoms with van der Waals surface area (Å²) in [5.41, 5.74) is 1.28. The molecule has 2 saturated heterocycles. The van der Waals surface area contributed by atoms with E-state index in [1.807, 2.05) is 17.0 Å². The number of piperazine rings is 1. The van der Waals surface area contributed by atoms with E-state index in [1.165, 1.54) is 19.0 Å². The standard InChI is InChI=1S/C23H32ClN7O2/c1-25-21-18(24)15-26-23(28-21)27-19-5-4-16(14-20(19)33-3)22(32)31-12-10-30(11-13-31)17-6-8-29(2)9-7-17/h4-5,14-15,17H,6-13H2,1-3H3,(H2,25,26,27,28). The van der Waals surface area contributed by atoms with Gasteiger partial charge in [0, 0.05) is 44.8 Å². The van der Waals surface area contributed by atoms with Crippen LogP contribution in [0.25, 0.3) is 0 Å². The maximum Gasteiger partial charge on any atom is 0.254 e. The van der Waals surface area contributed by atoms with Gasteiger partial charge in [-0.15, -0.1) is 0 Å². The molecule has 0 aliphatic carbocycles. The number of anilines is 3. The van der Waals surface area contributed by atoms with Gasteiger partial charge in [-0.2, -0.15) is 4.98 Å². The zero-order valence-corrected chi connectivity index (χ0v) is 20.2. The van der Waals surface area contributed by atoms with Crippen molar-refractivity contribution >= 4 is 35.0 Å². The second-order valence-corrected chi connectivity index (χ2v) is 8.95. The van der Waals surface area contributed by atoms with Gasteiger partial charge in [0.15, 0.2) is 0 Å². The molecule has 3 heterocycles. The highest BCUT2D eigenvalue weighted by atomic mass is 35.5. The molecule has 178 valence electrons. The van der Waals surface area contributed by atoms with Gasteiger partial charge in [0.25, 0.3) is 5.91 Å². The molecule has 0 unspecified atom stereocenters. The molecule has 0 radical (unpaired) electrons. The molecular weight excluding hydrogens is 442 g/mol. The maximum atomic E-state index is 13.2. The van der Waals surface area contributed by atoms with Gasteiger partial charge in [-0.1, -0.05) is 11.6 Å². The Morgan fingerprint density at radius 2 is 1.88 bits per heavy atom. The van der Waals surface area contributed by atoms with Crippen molar-refractivity contribution in [2.75, 3.05) is 71.1 Å². The van der Waals surface area contributed by atoms with Crippen LogP contribution in [0.15, 0.2) is 24.4 Å². The van der Waals surface area contributed by atoms with E-state index in [4.69, 9.17) is 16.3 Å². The first-order chi connectivity index (χ1) is 16.0. The highest BCUT2D eigenvalue weighted by Gasteiger charge is 2.28. The number of ether oxygens (including phenoxy) is 1. The summed E-state index contributed by atoms with van der Waals surface area (Å²) in [4.78, 5) is 28.6. The van der Waals surface area contributed by atoms with E-state index in [0.29, 0.717) is 39.8 Å². The first-order valence-corrected chi connectivity index (χ1v) is 11.7. The van der Waals surface area contributed by atoms with Crippen molar-refractivity contribution in [3.05, 3.63) is 35.0 Å². The third-order valence-electron chi connectivity index (χ3n) is 6.48. The van der Waals surface area contributed by atoms with Crippen molar-refractivity contribution in [2.45, 2.75) is 18.9 Å². The predicted molar refractivity (Wildman–Crippen MR) is 131 cm³/mol. The van der Waals surface area contributed by atoms with Crippen LogP contribution in [-0.4, -0.2) is 97.1 Å². The number of halogens is 1. The lowest BCUT2D eigenvalue weighted by atomic mass is 10.0. The minimum Gasteiger partial charge on any atom is -0.495 e. The van der Waals surface area contributed by atoms with Gasteiger partial charge in [-0.3, -0.25) is 9.69 Å². The fraction of sp³-hybridized carbons (Fsp3) is 0.522. The van der Waals surface area contributed by atoms with Crippen LogP contribution >= 0.6 is 11.6 Å². The van der Waals surface area contributed by atoms with Gasteiger partial charge in [-0.25, -0.2) is 4.98 Å². The van der Waals surface area contributed by atoms with E-state index >= 15 is 0 Å². The number of aromatic nitrogens is 2. The summed E-state index contributed by atoms with van der Waals surface area (Å²) in [6, 6.07) is 6.04. The number of rotatable bonds is 6. The molecule has 0 spiro atoms. The molecule has 2 aliphatic rings. The Labute approximate surface area is 200 Å². The summed E-state index contributed by atoms with van der Waals surface area (Å²) in [5, 5.41) is 6.50. The SMILES string of the molecule is CNc1nc(Nc2ccc(C(=O)N3CCN(C4CCN(C)CC4)CC3)cc2OC)ncc1Cl. The van der Waals surface area contributed by atoms with Gasteiger partial charge in [0.05, 0.1) is 19.0 Å². The molecule has 1 aromatic carbocycles. The molecule has 2 aromatic rings. The minimum atomic E-state index is 0.0306. The van der Waals surface area contributed by atoms with Crippen molar-refractivity contribution in [3.63, 3.8) is 0 Å². The zero-order valence-electron chi connectivity index (χ0n) is 19.5. The molecule has 0 saturated carbocycles. The molecule has 2 aliphatic heterocycles. The van der Waals surface area contributed by atoms with Crippen LogP contribution in [0.4, 0.5) is 17.5 Å². The Morgan fingerprint density at radius 1 is 1.15 bits per heavy atom. The van der Waals surface area contributed by atoms with Gasteiger partial charge >= 0.3 is 0 Å². The fourth-order valence-corrected chi connectivity index (χ4v) is 4.67. The Kier molecular flexibility index (Phi) is 7.52. The van der Waals surface area contributed by atoms with Gasteiger partial charge in [0.1, 0.15) is 16.6 Å². The summed E-state index contributed by atoms with van der Waals surface area (Å²) >= 11 is 6.06. The van der Waals surface area contributed by atoms with Crippen LogP contribution in [0, 0.1) is 0 Å². The molecule has 33 heavy (non-hydrogen) atoms. The highest BCUT2D eigenvalue weighted by molar-refractivity contribution is 6.32. The Morgan fingerprint density at radius 3 is 2.55 bits per heavy atom. The maximum absolute atomic E-state index is 13.2. The lowest BCUT2D eigenvalue weighted by molar-refractivity contribution is 0.0475. The second kappa shape index (κ2) is 10.5. The first-order valence-electron chi connectivity index (χ1n) is 11.4. The van der Waals surface area contributed by atoms with E-state index in [1.54, 1.807) is 20.2 Å². The molecule has 9 nitrogen and oxygen atoms in total. The normalized spacial score (nSPS) is 18.2. The number of carbonyl (C=O) groups is 1. The molecular formula is C23H32ClN7O2. The van der Waals surface area contributed by atoms with E-state index in [-0.39, 0.29) is 5.91 Å². The molecule has 4 rings (SSSR count). The summed E-state index contributed by atoms with van der Waals surface area (Å²) in [6.45, 7) is 5.66. The van der Waals surface area contributed by atoms with Crippen LogP contribution in [0.2, 0.25) is 5.02 Å². The number of amides is 1. The average Bonchev–Trinajstić information content (AvgIpc) is 2.85. The fourth-order valence-electron chi connectivity index (χ4n) is 4.48. The average molecular weight is 474 g/mol. The Balaban J connectivity index is 1.39. The quantitative estimate of drug-likeness (QED) is 0.662. The van der Waals surface area contributed by atoms with Crippen molar-refractivity contribution in [2.24, 2.45) is 0 Å². The molecule has 1 amide bonds. The summed E-state index contributed by atoms with van der Waals surface area (Å²) in [5.74, 6) is 1.49. The van der Waals surface area contributed by atoms with E-state index in [0.717, 1.165) is 39.3 Å². The van der Waals surface area contributed by atoms with Crippen LogP contribution < -0.4 is 15.4 Å². The molecule has 0 bridgehead atoms. The summed E-state index contributed by atoms with van der Waals surface area (Å²) in [7, 11) is 5.51. The number of piperidine rings is 1. The number of hydrogen-bond acceptors (Lipinski definition) is 8. The Bertz CT molecular complexity index is 973. The lowest BCUT2D eigenvalue weighted by Crippen LogP contribution is -2.54. The van der Waals surface area contributed by atoms with E-state index in [9.17, 15) is 4.79 Å². The summed E-state index contributed by atoms with van der Waals surface area (Å²) < 4.78 is 5.54. The van der Waals surface area contributed by atoms with Gasteiger partial charge in [-0.05, 0) is 51.2 Å². The van der Waals surface area contributed by atoms with Crippen LogP contribution in [-0.2, 0) is 0 Å². The number of benzene rings is 1. The molecule has 0 atom stereocenters. The van der Waals surface area contributed by atoms with Crippen LogP contribution in [0.5, 0.6) is 5.75 Å². The first kappa shape index (κ1) is 23.5. The largest absolute Gasteiger partial charge is 0.495 e. The molecule has 1 aromatic heterocycles.